The van der Waals surface area contributed by atoms with Crippen LogP contribution in [0.5, 0.6) is 0 Å². The molecule has 1 aliphatic rings. The Balaban J connectivity index is 2.07. The highest BCUT2D eigenvalue weighted by Gasteiger charge is 2.28. The summed E-state index contributed by atoms with van der Waals surface area (Å²) in [6.07, 6.45) is -0.362. The summed E-state index contributed by atoms with van der Waals surface area (Å²) in [4.78, 5) is 24.0. The molecule has 0 aromatic heterocycles. The Labute approximate surface area is 157 Å². The summed E-state index contributed by atoms with van der Waals surface area (Å²) in [5, 5.41) is 2.55. The monoisotopic (exact) mass is 404 g/mol. The third-order valence-electron chi connectivity index (χ3n) is 3.81. The molecule has 1 aromatic carbocycles. The van der Waals surface area contributed by atoms with Gasteiger partial charge in [-0.1, -0.05) is 11.6 Å². The van der Waals surface area contributed by atoms with E-state index in [-0.39, 0.29) is 15.6 Å². The van der Waals surface area contributed by atoms with E-state index in [4.69, 9.17) is 21.1 Å². The molecule has 0 spiro atoms. The van der Waals surface area contributed by atoms with Gasteiger partial charge in [0.15, 0.2) is 12.2 Å². The van der Waals surface area contributed by atoms with E-state index in [1.54, 1.807) is 0 Å². The van der Waals surface area contributed by atoms with Gasteiger partial charge in [0.05, 0.1) is 5.02 Å². The lowest BCUT2D eigenvalue weighted by atomic mass is 10.2. The van der Waals surface area contributed by atoms with E-state index in [2.05, 4.69) is 5.32 Å². The van der Waals surface area contributed by atoms with Gasteiger partial charge >= 0.3 is 5.97 Å². The van der Waals surface area contributed by atoms with E-state index in [0.29, 0.717) is 13.0 Å². The molecule has 1 amide bonds. The van der Waals surface area contributed by atoms with E-state index in [0.717, 1.165) is 10.7 Å². The summed E-state index contributed by atoms with van der Waals surface area (Å²) in [6.45, 7) is 1.92. The molecule has 144 valence electrons. The van der Waals surface area contributed by atoms with Gasteiger partial charge in [0.1, 0.15) is 4.90 Å². The number of amides is 1. The molecule has 0 radical (unpaired) electrons. The van der Waals surface area contributed by atoms with Crippen LogP contribution in [0.3, 0.4) is 0 Å². The van der Waals surface area contributed by atoms with E-state index in [9.17, 15) is 18.0 Å². The number of halogens is 1. The molecule has 1 N–H and O–H groups in total. The first kappa shape index (κ1) is 20.6. The fourth-order valence-corrected chi connectivity index (χ4v) is 3.68. The van der Waals surface area contributed by atoms with Crippen molar-refractivity contribution < 1.29 is 27.5 Å². The third-order valence-corrected chi connectivity index (χ3v) is 6.11. The molecule has 0 bridgehead atoms. The van der Waals surface area contributed by atoms with Crippen LogP contribution in [0.2, 0.25) is 5.02 Å². The van der Waals surface area contributed by atoms with Crippen LogP contribution in [0.25, 0.3) is 0 Å². The minimum atomic E-state index is -3.77. The minimum absolute atomic E-state index is 0.0366. The molecule has 1 aromatic rings. The summed E-state index contributed by atoms with van der Waals surface area (Å²) < 4.78 is 35.9. The number of benzene rings is 1. The standard InChI is InChI=1S/C16H21ClN2O6S/c1-10(25-16(21)13-5-4-8-24-13)15(20)18-11-6-7-12(17)14(9-11)26(22,23)19(2)3/h6-7,9-10,13H,4-5,8H2,1-3H3,(H,18,20)/t10-,13-/m1/s1. The molecule has 0 aliphatic carbocycles. The third kappa shape index (κ3) is 4.73. The van der Waals surface area contributed by atoms with Crippen molar-refractivity contribution in [3.05, 3.63) is 23.2 Å². The first-order chi connectivity index (χ1) is 12.1. The summed E-state index contributed by atoms with van der Waals surface area (Å²) >= 11 is 5.96. The number of nitrogens with zero attached hydrogens (tertiary/aromatic N) is 1. The number of carbonyl (C=O) groups is 2. The summed E-state index contributed by atoms with van der Waals surface area (Å²) in [6, 6.07) is 4.09. The number of nitrogens with one attached hydrogen (secondary N) is 1. The Kier molecular flexibility index (Phi) is 6.62. The molecule has 10 heteroatoms. The highest BCUT2D eigenvalue weighted by Crippen LogP contribution is 2.27. The van der Waals surface area contributed by atoms with Gasteiger partial charge in [0.25, 0.3) is 5.91 Å². The molecule has 1 heterocycles. The maximum Gasteiger partial charge on any atom is 0.336 e. The average Bonchev–Trinajstić information content (AvgIpc) is 3.10. The van der Waals surface area contributed by atoms with Crippen molar-refractivity contribution in [3.63, 3.8) is 0 Å². The fraction of sp³-hybridized carbons (Fsp3) is 0.500. The lowest BCUT2D eigenvalue weighted by molar-refractivity contribution is -0.162. The van der Waals surface area contributed by atoms with Crippen molar-refractivity contribution in [2.24, 2.45) is 0 Å². The van der Waals surface area contributed by atoms with Crippen LogP contribution in [-0.2, 0) is 29.1 Å². The first-order valence-corrected chi connectivity index (χ1v) is 9.79. The van der Waals surface area contributed by atoms with Crippen LogP contribution in [-0.4, -0.2) is 57.5 Å². The van der Waals surface area contributed by atoms with Crippen LogP contribution in [0.15, 0.2) is 23.1 Å². The average molecular weight is 405 g/mol. The molecule has 2 rings (SSSR count). The predicted molar refractivity (Wildman–Crippen MR) is 95.5 cm³/mol. The predicted octanol–water partition coefficient (Wildman–Crippen LogP) is 1.64. The SMILES string of the molecule is C[C@@H](OC(=O)[C@H]1CCCO1)C(=O)Nc1ccc(Cl)c(S(=O)(=O)N(C)C)c1. The Bertz CT molecular complexity index is 790. The number of hydrogen-bond acceptors (Lipinski definition) is 6. The van der Waals surface area contributed by atoms with Gasteiger partial charge in [-0.15, -0.1) is 0 Å². The summed E-state index contributed by atoms with van der Waals surface area (Å²) in [5.74, 6) is -1.18. The molecule has 1 aliphatic heterocycles. The van der Waals surface area contributed by atoms with Crippen molar-refractivity contribution in [3.8, 4) is 0 Å². The second kappa shape index (κ2) is 8.34. The smallest absolute Gasteiger partial charge is 0.336 e. The van der Waals surface area contributed by atoms with Gasteiger partial charge < -0.3 is 14.8 Å². The van der Waals surface area contributed by atoms with Crippen molar-refractivity contribution in [2.75, 3.05) is 26.0 Å². The molecule has 26 heavy (non-hydrogen) atoms. The van der Waals surface area contributed by atoms with E-state index in [1.165, 1.54) is 39.2 Å². The Morgan fingerprint density at radius 3 is 2.65 bits per heavy atom. The van der Waals surface area contributed by atoms with Crippen molar-refractivity contribution in [1.29, 1.82) is 0 Å². The molecule has 0 unspecified atom stereocenters. The molecule has 2 atom stereocenters. The van der Waals surface area contributed by atoms with Crippen LogP contribution in [0, 0.1) is 0 Å². The highest BCUT2D eigenvalue weighted by molar-refractivity contribution is 7.89. The number of carbonyl (C=O) groups excluding carboxylic acids is 2. The van der Waals surface area contributed by atoms with Crippen LogP contribution in [0.4, 0.5) is 5.69 Å². The Hall–Kier alpha value is -1.68. The van der Waals surface area contributed by atoms with Gasteiger partial charge in [-0.25, -0.2) is 17.5 Å². The number of ether oxygens (including phenoxy) is 2. The zero-order valence-corrected chi connectivity index (χ0v) is 16.3. The van der Waals surface area contributed by atoms with Crippen LogP contribution in [0.1, 0.15) is 19.8 Å². The zero-order chi connectivity index (χ0) is 19.5. The Morgan fingerprint density at radius 2 is 2.08 bits per heavy atom. The minimum Gasteiger partial charge on any atom is -0.451 e. The number of esters is 1. The van der Waals surface area contributed by atoms with Gasteiger partial charge in [-0.05, 0) is 38.0 Å². The van der Waals surface area contributed by atoms with Crippen LogP contribution >= 0.6 is 11.6 Å². The quantitative estimate of drug-likeness (QED) is 0.723. The van der Waals surface area contributed by atoms with Crippen molar-refractivity contribution in [2.45, 2.75) is 36.9 Å². The summed E-state index contributed by atoms with van der Waals surface area (Å²) in [5.41, 5.74) is 0.222. The van der Waals surface area contributed by atoms with Crippen LogP contribution < -0.4 is 5.32 Å². The number of sulfonamides is 1. The number of anilines is 1. The highest BCUT2D eigenvalue weighted by atomic mass is 35.5. The van der Waals surface area contributed by atoms with Gasteiger partial charge in [-0.2, -0.15) is 0 Å². The normalized spacial score (nSPS) is 18.6. The molecular weight excluding hydrogens is 384 g/mol. The molecule has 0 saturated carbocycles. The molecule has 1 fully saturated rings. The second-order valence-corrected chi connectivity index (χ2v) is 8.53. The second-order valence-electron chi connectivity index (χ2n) is 6.00. The number of rotatable bonds is 6. The van der Waals surface area contributed by atoms with Crippen molar-refractivity contribution in [1.82, 2.24) is 4.31 Å². The van der Waals surface area contributed by atoms with Crippen molar-refractivity contribution >= 4 is 39.2 Å². The molecular formula is C16H21ClN2O6S. The fourth-order valence-electron chi connectivity index (χ4n) is 2.29. The maximum absolute atomic E-state index is 12.3. The summed E-state index contributed by atoms with van der Waals surface area (Å²) in [7, 11) is -1.01. The van der Waals surface area contributed by atoms with Gasteiger partial charge in [0, 0.05) is 26.4 Å². The van der Waals surface area contributed by atoms with E-state index >= 15 is 0 Å². The molecule has 8 nitrogen and oxygen atoms in total. The van der Waals surface area contributed by atoms with E-state index < -0.39 is 34.1 Å². The van der Waals surface area contributed by atoms with E-state index in [1.807, 2.05) is 0 Å². The topological polar surface area (TPSA) is 102 Å². The lowest BCUT2D eigenvalue weighted by Gasteiger charge is -2.17. The number of hydrogen-bond donors (Lipinski definition) is 1. The maximum atomic E-state index is 12.3. The van der Waals surface area contributed by atoms with Gasteiger partial charge in [-0.3, -0.25) is 4.79 Å². The lowest BCUT2D eigenvalue weighted by Crippen LogP contribution is -2.34. The molecule has 1 saturated heterocycles. The Morgan fingerprint density at radius 1 is 1.38 bits per heavy atom. The largest absolute Gasteiger partial charge is 0.451 e. The first-order valence-electron chi connectivity index (χ1n) is 7.98. The van der Waals surface area contributed by atoms with Gasteiger partial charge in [0.2, 0.25) is 10.0 Å². The zero-order valence-electron chi connectivity index (χ0n) is 14.7.